The van der Waals surface area contributed by atoms with E-state index >= 15 is 0 Å². The van der Waals surface area contributed by atoms with Crippen molar-refractivity contribution in [2.24, 2.45) is 0 Å². The average Bonchev–Trinajstić information content (AvgIpc) is 3.21. The van der Waals surface area contributed by atoms with E-state index in [0.717, 1.165) is 50.0 Å². The SMILES string of the molecule is c1ccc(-c2ccc(-c3nc(-c4ccccc4)nc(-c4ccc(-c5cc(-c6ccccc6)c6c(ccc7ccccc76)n5)cc4)n3)cc2)cc1. The zero-order valence-electron chi connectivity index (χ0n) is 27.1. The highest BCUT2D eigenvalue weighted by Gasteiger charge is 2.15. The second-order valence-corrected chi connectivity index (χ2v) is 12.3. The smallest absolute Gasteiger partial charge is 0.164 e. The first kappa shape index (κ1) is 29.4. The topological polar surface area (TPSA) is 51.6 Å². The number of benzene rings is 7. The van der Waals surface area contributed by atoms with Crippen molar-refractivity contribution in [1.82, 2.24) is 19.9 Å². The molecule has 50 heavy (non-hydrogen) atoms. The summed E-state index contributed by atoms with van der Waals surface area (Å²) in [5, 5.41) is 3.57. The second kappa shape index (κ2) is 12.7. The van der Waals surface area contributed by atoms with E-state index in [9.17, 15) is 0 Å². The third-order valence-corrected chi connectivity index (χ3v) is 9.14. The molecule has 0 saturated carbocycles. The summed E-state index contributed by atoms with van der Waals surface area (Å²) in [6.45, 7) is 0. The van der Waals surface area contributed by atoms with Gasteiger partial charge in [0.15, 0.2) is 17.5 Å². The number of pyridine rings is 1. The fraction of sp³-hybridized carbons (Fsp3) is 0. The summed E-state index contributed by atoms with van der Waals surface area (Å²) >= 11 is 0. The molecule has 0 amide bonds. The molecule has 0 spiro atoms. The monoisotopic (exact) mass is 638 g/mol. The van der Waals surface area contributed by atoms with Crippen LogP contribution in [-0.2, 0) is 0 Å². The van der Waals surface area contributed by atoms with Crippen molar-refractivity contribution in [3.05, 3.63) is 182 Å². The Labute approximate surface area is 290 Å². The van der Waals surface area contributed by atoms with Crippen LogP contribution < -0.4 is 0 Å². The molecule has 0 atom stereocenters. The van der Waals surface area contributed by atoms with Crippen molar-refractivity contribution in [2.45, 2.75) is 0 Å². The van der Waals surface area contributed by atoms with Crippen LogP contribution in [0.1, 0.15) is 0 Å². The van der Waals surface area contributed by atoms with Gasteiger partial charge in [-0.15, -0.1) is 0 Å². The van der Waals surface area contributed by atoms with Gasteiger partial charge in [0.1, 0.15) is 0 Å². The van der Waals surface area contributed by atoms with E-state index < -0.39 is 0 Å². The van der Waals surface area contributed by atoms with Gasteiger partial charge in [-0.25, -0.2) is 19.9 Å². The predicted octanol–water partition coefficient (Wildman–Crippen LogP) is 11.6. The predicted molar refractivity (Wildman–Crippen MR) is 205 cm³/mol. The standard InChI is InChI=1S/C46H30N4/c1-4-12-31(13-5-1)32-20-24-37(25-21-32)45-48-44(36-17-8-3-9-18-36)49-46(50-45)38-26-22-35(23-27-38)42-30-40(33-14-6-2-7-15-33)43-39-19-11-10-16-34(39)28-29-41(43)47-42/h1-30H. The molecular formula is C46H30N4. The number of nitrogens with zero attached hydrogens (tertiary/aromatic N) is 4. The first-order chi connectivity index (χ1) is 24.8. The molecule has 0 saturated heterocycles. The van der Waals surface area contributed by atoms with Crippen LogP contribution in [-0.4, -0.2) is 19.9 Å². The normalized spacial score (nSPS) is 11.2. The van der Waals surface area contributed by atoms with E-state index in [1.807, 2.05) is 36.4 Å². The molecule has 0 aliphatic rings. The number of hydrogen-bond acceptors (Lipinski definition) is 4. The molecule has 2 aromatic heterocycles. The molecule has 0 radical (unpaired) electrons. The molecule has 9 aromatic rings. The maximum atomic E-state index is 5.18. The Kier molecular flexibility index (Phi) is 7.45. The summed E-state index contributed by atoms with van der Waals surface area (Å²) in [6.07, 6.45) is 0. The Morgan fingerprint density at radius 1 is 0.300 bits per heavy atom. The van der Waals surface area contributed by atoms with E-state index in [2.05, 4.69) is 146 Å². The zero-order chi connectivity index (χ0) is 33.3. The summed E-state index contributed by atoms with van der Waals surface area (Å²) in [4.78, 5) is 20.0. The van der Waals surface area contributed by atoms with Gasteiger partial charge in [0.05, 0.1) is 11.2 Å². The first-order valence-electron chi connectivity index (χ1n) is 16.7. The number of aromatic nitrogens is 4. The largest absolute Gasteiger partial charge is 0.248 e. The highest BCUT2D eigenvalue weighted by atomic mass is 15.0. The van der Waals surface area contributed by atoms with Crippen molar-refractivity contribution in [3.8, 4) is 67.7 Å². The van der Waals surface area contributed by atoms with Crippen LogP contribution in [0, 0.1) is 0 Å². The van der Waals surface area contributed by atoms with Gasteiger partial charge in [-0.1, -0.05) is 170 Å². The molecule has 0 bridgehead atoms. The minimum atomic E-state index is 0.621. The Balaban J connectivity index is 1.13. The van der Waals surface area contributed by atoms with Gasteiger partial charge in [-0.2, -0.15) is 0 Å². The molecule has 0 N–H and O–H groups in total. The maximum Gasteiger partial charge on any atom is 0.164 e. The molecule has 2 heterocycles. The molecule has 4 nitrogen and oxygen atoms in total. The maximum absolute atomic E-state index is 5.18. The van der Waals surface area contributed by atoms with Gasteiger partial charge in [0.25, 0.3) is 0 Å². The van der Waals surface area contributed by atoms with Gasteiger partial charge in [0.2, 0.25) is 0 Å². The quantitative estimate of drug-likeness (QED) is 0.170. The van der Waals surface area contributed by atoms with E-state index in [1.165, 1.54) is 21.9 Å². The van der Waals surface area contributed by atoms with Crippen LogP contribution in [0.5, 0.6) is 0 Å². The van der Waals surface area contributed by atoms with Gasteiger partial charge in [-0.05, 0) is 45.2 Å². The molecular weight excluding hydrogens is 609 g/mol. The molecule has 234 valence electrons. The van der Waals surface area contributed by atoms with Crippen LogP contribution >= 0.6 is 0 Å². The summed E-state index contributed by atoms with van der Waals surface area (Å²) < 4.78 is 0. The van der Waals surface area contributed by atoms with E-state index in [-0.39, 0.29) is 0 Å². The highest BCUT2D eigenvalue weighted by Crippen LogP contribution is 2.37. The van der Waals surface area contributed by atoms with Crippen molar-refractivity contribution >= 4 is 21.7 Å². The Hall–Kier alpha value is -6.78. The lowest BCUT2D eigenvalue weighted by molar-refractivity contribution is 1.07. The minimum absolute atomic E-state index is 0.621. The minimum Gasteiger partial charge on any atom is -0.248 e. The Bertz CT molecular complexity index is 2600. The van der Waals surface area contributed by atoms with Crippen molar-refractivity contribution in [1.29, 1.82) is 0 Å². The highest BCUT2D eigenvalue weighted by molar-refractivity contribution is 6.13. The summed E-state index contributed by atoms with van der Waals surface area (Å²) in [5.74, 6) is 1.89. The number of rotatable bonds is 6. The fourth-order valence-corrected chi connectivity index (χ4v) is 6.58. The van der Waals surface area contributed by atoms with Crippen LogP contribution in [0.4, 0.5) is 0 Å². The second-order valence-electron chi connectivity index (χ2n) is 12.3. The Morgan fingerprint density at radius 3 is 1.34 bits per heavy atom. The summed E-state index contributed by atoms with van der Waals surface area (Å²) in [7, 11) is 0. The van der Waals surface area contributed by atoms with Crippen molar-refractivity contribution < 1.29 is 0 Å². The number of hydrogen-bond donors (Lipinski definition) is 0. The van der Waals surface area contributed by atoms with Gasteiger partial charge < -0.3 is 0 Å². The van der Waals surface area contributed by atoms with Crippen LogP contribution in [0.3, 0.4) is 0 Å². The third kappa shape index (κ3) is 5.59. The third-order valence-electron chi connectivity index (χ3n) is 9.14. The lowest BCUT2D eigenvalue weighted by Gasteiger charge is -2.13. The molecule has 7 aromatic carbocycles. The van der Waals surface area contributed by atoms with Crippen molar-refractivity contribution in [2.75, 3.05) is 0 Å². The fourth-order valence-electron chi connectivity index (χ4n) is 6.58. The lowest BCUT2D eigenvalue weighted by Crippen LogP contribution is -2.00. The molecule has 0 unspecified atom stereocenters. The summed E-state index contributed by atoms with van der Waals surface area (Å²) in [5.41, 5.74) is 10.3. The zero-order valence-corrected chi connectivity index (χ0v) is 27.1. The lowest BCUT2D eigenvalue weighted by atomic mass is 9.94. The average molecular weight is 639 g/mol. The van der Waals surface area contributed by atoms with E-state index in [0.29, 0.717) is 17.5 Å². The number of fused-ring (bicyclic) bond motifs is 3. The van der Waals surface area contributed by atoms with Crippen LogP contribution in [0.15, 0.2) is 182 Å². The van der Waals surface area contributed by atoms with Crippen LogP contribution in [0.2, 0.25) is 0 Å². The summed E-state index contributed by atoms with van der Waals surface area (Å²) in [6, 6.07) is 62.8. The first-order valence-corrected chi connectivity index (χ1v) is 16.7. The van der Waals surface area contributed by atoms with Gasteiger partial charge in [0, 0.05) is 27.6 Å². The molecule has 9 rings (SSSR count). The molecule has 0 aliphatic carbocycles. The Morgan fingerprint density at radius 2 is 0.740 bits per heavy atom. The van der Waals surface area contributed by atoms with Gasteiger partial charge >= 0.3 is 0 Å². The van der Waals surface area contributed by atoms with E-state index in [4.69, 9.17) is 19.9 Å². The molecule has 4 heteroatoms. The van der Waals surface area contributed by atoms with Gasteiger partial charge in [-0.3, -0.25) is 0 Å². The van der Waals surface area contributed by atoms with E-state index in [1.54, 1.807) is 0 Å². The van der Waals surface area contributed by atoms with Crippen LogP contribution in [0.25, 0.3) is 89.4 Å². The van der Waals surface area contributed by atoms with Crippen molar-refractivity contribution in [3.63, 3.8) is 0 Å². The molecule has 0 aliphatic heterocycles. The molecule has 0 fully saturated rings.